The molecule has 0 N–H and O–H groups in total. The Morgan fingerprint density at radius 2 is 1.71 bits per heavy atom. The van der Waals surface area contributed by atoms with Gasteiger partial charge in [0.25, 0.3) is 0 Å². The molecule has 0 amide bonds. The lowest BCUT2D eigenvalue weighted by atomic mass is 10.0. The summed E-state index contributed by atoms with van der Waals surface area (Å²) in [7, 11) is 0. The molecule has 0 unspecified atom stereocenters. The van der Waals surface area contributed by atoms with E-state index in [1.165, 1.54) is 22.3 Å². The van der Waals surface area contributed by atoms with Crippen molar-refractivity contribution < 1.29 is 4.74 Å². The Bertz CT molecular complexity index is 669. The molecule has 2 heteroatoms. The normalized spacial score (nSPS) is 9.90. The minimum Gasteiger partial charge on any atom is -0.488 e. The SMILES string of the molecule is Cc1cc(C)c(COc2ccccc2C#CCCl)c(C)c1. The molecule has 2 rings (SSSR count). The van der Waals surface area contributed by atoms with Crippen molar-refractivity contribution in [3.05, 3.63) is 64.2 Å². The van der Waals surface area contributed by atoms with Crippen molar-refractivity contribution in [3.8, 4) is 17.6 Å². The molecule has 0 saturated carbocycles. The lowest BCUT2D eigenvalue weighted by molar-refractivity contribution is 0.304. The third-order valence-electron chi connectivity index (χ3n) is 3.39. The Morgan fingerprint density at radius 1 is 1.05 bits per heavy atom. The summed E-state index contributed by atoms with van der Waals surface area (Å²) in [5.41, 5.74) is 5.91. The van der Waals surface area contributed by atoms with E-state index in [1.54, 1.807) is 0 Å². The van der Waals surface area contributed by atoms with Crippen molar-refractivity contribution in [3.63, 3.8) is 0 Å². The average molecular weight is 299 g/mol. The Hall–Kier alpha value is -1.91. The molecule has 0 spiro atoms. The smallest absolute Gasteiger partial charge is 0.135 e. The van der Waals surface area contributed by atoms with Crippen LogP contribution in [0.3, 0.4) is 0 Å². The summed E-state index contributed by atoms with van der Waals surface area (Å²) in [5, 5.41) is 0. The van der Waals surface area contributed by atoms with Crippen LogP contribution in [0.15, 0.2) is 36.4 Å². The summed E-state index contributed by atoms with van der Waals surface area (Å²) in [6, 6.07) is 12.2. The van der Waals surface area contributed by atoms with Gasteiger partial charge in [-0.25, -0.2) is 0 Å². The third kappa shape index (κ3) is 4.03. The van der Waals surface area contributed by atoms with E-state index in [-0.39, 0.29) is 0 Å². The molecule has 0 atom stereocenters. The van der Waals surface area contributed by atoms with Crippen LogP contribution in [0.25, 0.3) is 0 Å². The molecule has 0 aromatic heterocycles. The second-order valence-electron chi connectivity index (χ2n) is 5.10. The van der Waals surface area contributed by atoms with Gasteiger partial charge < -0.3 is 4.74 Å². The van der Waals surface area contributed by atoms with Crippen LogP contribution in [0, 0.1) is 32.6 Å². The number of halogens is 1. The number of hydrogen-bond donors (Lipinski definition) is 0. The maximum Gasteiger partial charge on any atom is 0.135 e. The van der Waals surface area contributed by atoms with Gasteiger partial charge in [-0.3, -0.25) is 0 Å². The summed E-state index contributed by atoms with van der Waals surface area (Å²) in [6.07, 6.45) is 0. The summed E-state index contributed by atoms with van der Waals surface area (Å²) < 4.78 is 5.98. The maximum atomic E-state index is 5.98. The van der Waals surface area contributed by atoms with E-state index in [4.69, 9.17) is 16.3 Å². The van der Waals surface area contributed by atoms with Crippen molar-refractivity contribution in [1.82, 2.24) is 0 Å². The molecule has 0 radical (unpaired) electrons. The molecule has 21 heavy (non-hydrogen) atoms. The van der Waals surface area contributed by atoms with Gasteiger partial charge in [-0.2, -0.15) is 0 Å². The second kappa shape index (κ2) is 7.20. The molecule has 0 aliphatic heterocycles. The number of para-hydroxylation sites is 1. The Morgan fingerprint density at radius 3 is 2.38 bits per heavy atom. The molecular weight excluding hydrogens is 280 g/mol. The largest absolute Gasteiger partial charge is 0.488 e. The maximum absolute atomic E-state index is 5.98. The minimum absolute atomic E-state index is 0.324. The van der Waals surface area contributed by atoms with Crippen LogP contribution in [0.2, 0.25) is 0 Å². The highest BCUT2D eigenvalue weighted by molar-refractivity contribution is 6.19. The molecule has 0 aliphatic carbocycles. The molecule has 1 nitrogen and oxygen atoms in total. The van der Waals surface area contributed by atoms with E-state index >= 15 is 0 Å². The van der Waals surface area contributed by atoms with Crippen molar-refractivity contribution in [1.29, 1.82) is 0 Å². The summed E-state index contributed by atoms with van der Waals surface area (Å²) in [5.74, 6) is 7.02. The third-order valence-corrected chi connectivity index (χ3v) is 3.52. The highest BCUT2D eigenvalue weighted by Gasteiger charge is 2.06. The minimum atomic E-state index is 0.324. The topological polar surface area (TPSA) is 9.23 Å². The van der Waals surface area contributed by atoms with Crippen LogP contribution in [0.4, 0.5) is 0 Å². The van der Waals surface area contributed by atoms with Crippen molar-refractivity contribution in [2.75, 3.05) is 5.88 Å². The fourth-order valence-electron chi connectivity index (χ4n) is 2.41. The van der Waals surface area contributed by atoms with Crippen LogP contribution in [-0.2, 0) is 6.61 Å². The standard InChI is InChI=1S/C19H19ClO/c1-14-11-15(2)18(16(3)12-14)13-21-19-9-5-4-7-17(19)8-6-10-20/h4-5,7,9,11-12H,10,13H2,1-3H3. The van der Waals surface area contributed by atoms with E-state index in [9.17, 15) is 0 Å². The van der Waals surface area contributed by atoms with E-state index in [0.717, 1.165) is 11.3 Å². The monoisotopic (exact) mass is 298 g/mol. The van der Waals surface area contributed by atoms with Gasteiger partial charge in [-0.15, -0.1) is 11.6 Å². The number of aryl methyl sites for hydroxylation is 3. The summed E-state index contributed by atoms with van der Waals surface area (Å²) in [6.45, 7) is 6.91. The number of rotatable bonds is 3. The Labute approximate surface area is 131 Å². The van der Waals surface area contributed by atoms with Gasteiger partial charge in [-0.05, 0) is 49.6 Å². The Balaban J connectivity index is 2.21. The lowest BCUT2D eigenvalue weighted by Crippen LogP contribution is -2.02. The molecular formula is C19H19ClO. The van der Waals surface area contributed by atoms with Crippen molar-refractivity contribution in [2.45, 2.75) is 27.4 Å². The summed E-state index contributed by atoms with van der Waals surface area (Å²) >= 11 is 5.62. The number of alkyl halides is 1. The van der Waals surface area contributed by atoms with Crippen LogP contribution in [0.5, 0.6) is 5.75 Å². The van der Waals surface area contributed by atoms with Gasteiger partial charge in [-0.1, -0.05) is 41.7 Å². The second-order valence-corrected chi connectivity index (χ2v) is 5.36. The van der Waals surface area contributed by atoms with Crippen molar-refractivity contribution in [2.24, 2.45) is 0 Å². The van der Waals surface area contributed by atoms with E-state index in [0.29, 0.717) is 12.5 Å². The van der Waals surface area contributed by atoms with E-state index in [1.807, 2.05) is 24.3 Å². The number of ether oxygens (including phenoxy) is 1. The molecule has 2 aromatic carbocycles. The first-order valence-corrected chi connectivity index (χ1v) is 7.48. The zero-order valence-corrected chi connectivity index (χ0v) is 13.4. The summed E-state index contributed by atoms with van der Waals surface area (Å²) in [4.78, 5) is 0. The van der Waals surface area contributed by atoms with E-state index < -0.39 is 0 Å². The number of benzene rings is 2. The average Bonchev–Trinajstić information content (AvgIpc) is 2.45. The predicted molar refractivity (Wildman–Crippen MR) is 89.0 cm³/mol. The molecule has 0 aliphatic rings. The van der Waals surface area contributed by atoms with Crippen LogP contribution in [0.1, 0.15) is 27.8 Å². The molecule has 108 valence electrons. The quantitative estimate of drug-likeness (QED) is 0.585. The van der Waals surface area contributed by atoms with Gasteiger partial charge >= 0.3 is 0 Å². The lowest BCUT2D eigenvalue weighted by Gasteiger charge is -2.13. The predicted octanol–water partition coefficient (Wildman–Crippen LogP) is 4.78. The first-order valence-electron chi connectivity index (χ1n) is 6.95. The highest BCUT2D eigenvalue weighted by Crippen LogP contribution is 2.22. The first-order chi connectivity index (χ1) is 10.1. The number of hydrogen-bond acceptors (Lipinski definition) is 1. The van der Waals surface area contributed by atoms with Crippen LogP contribution < -0.4 is 4.74 Å². The van der Waals surface area contributed by atoms with Gasteiger partial charge in [0.1, 0.15) is 12.4 Å². The molecule has 0 fully saturated rings. The molecule has 0 bridgehead atoms. The van der Waals surface area contributed by atoms with E-state index in [2.05, 4.69) is 44.7 Å². The Kier molecular flexibility index (Phi) is 5.31. The fraction of sp³-hybridized carbons (Fsp3) is 0.263. The van der Waals surface area contributed by atoms with Gasteiger partial charge in [0.15, 0.2) is 0 Å². The zero-order valence-electron chi connectivity index (χ0n) is 12.7. The molecule has 0 heterocycles. The first kappa shape index (κ1) is 15.5. The van der Waals surface area contributed by atoms with Crippen LogP contribution >= 0.6 is 11.6 Å². The molecule has 2 aromatic rings. The van der Waals surface area contributed by atoms with Gasteiger partial charge in [0.05, 0.1) is 11.4 Å². The van der Waals surface area contributed by atoms with Gasteiger partial charge in [0, 0.05) is 0 Å². The fourth-order valence-corrected chi connectivity index (χ4v) is 2.48. The van der Waals surface area contributed by atoms with Crippen molar-refractivity contribution >= 4 is 11.6 Å². The molecule has 0 saturated heterocycles. The zero-order chi connectivity index (χ0) is 15.2. The highest BCUT2D eigenvalue weighted by atomic mass is 35.5. The van der Waals surface area contributed by atoms with Crippen LogP contribution in [-0.4, -0.2) is 5.88 Å². The van der Waals surface area contributed by atoms with Gasteiger partial charge in [0.2, 0.25) is 0 Å².